The lowest BCUT2D eigenvalue weighted by atomic mass is 10.2. The van der Waals surface area contributed by atoms with Crippen molar-refractivity contribution in [1.29, 1.82) is 0 Å². The Bertz CT molecular complexity index is 851. The van der Waals surface area contributed by atoms with Crippen molar-refractivity contribution >= 4 is 22.8 Å². The van der Waals surface area contributed by atoms with E-state index in [0.717, 1.165) is 21.0 Å². The number of nitrogens with zero attached hydrogens (tertiary/aromatic N) is 2. The number of aromatic nitrogens is 2. The van der Waals surface area contributed by atoms with Crippen LogP contribution in [0.3, 0.4) is 0 Å². The molecule has 0 amide bonds. The van der Waals surface area contributed by atoms with Crippen LogP contribution in [-0.4, -0.2) is 22.0 Å². The van der Waals surface area contributed by atoms with Gasteiger partial charge >= 0.3 is 5.97 Å². The summed E-state index contributed by atoms with van der Waals surface area (Å²) in [6.45, 7) is 6.50. The lowest BCUT2D eigenvalue weighted by Gasteiger charge is -2.06. The molecule has 0 atom stereocenters. The number of esters is 1. The molecule has 3 rings (SSSR count). The molecule has 0 aliphatic rings. The van der Waals surface area contributed by atoms with Gasteiger partial charge in [0.25, 0.3) is 0 Å². The number of hydrogen-bond donors (Lipinski definition) is 0. The lowest BCUT2D eigenvalue weighted by molar-refractivity contribution is 0.0528. The highest BCUT2D eigenvalue weighted by Gasteiger charge is 2.17. The van der Waals surface area contributed by atoms with E-state index in [1.54, 1.807) is 18.3 Å². The van der Waals surface area contributed by atoms with Crippen LogP contribution in [0.2, 0.25) is 0 Å². The van der Waals surface area contributed by atoms with E-state index < -0.39 is 0 Å². The molecule has 5 nitrogen and oxygen atoms in total. The van der Waals surface area contributed by atoms with Gasteiger partial charge in [-0.15, -0.1) is 11.3 Å². The van der Waals surface area contributed by atoms with Gasteiger partial charge in [-0.25, -0.2) is 9.78 Å². The summed E-state index contributed by atoms with van der Waals surface area (Å²) >= 11 is 1.61. The van der Waals surface area contributed by atoms with E-state index in [1.807, 2.05) is 49.0 Å². The highest BCUT2D eigenvalue weighted by Crippen LogP contribution is 2.24. The van der Waals surface area contributed by atoms with Gasteiger partial charge < -0.3 is 13.9 Å². The van der Waals surface area contributed by atoms with Crippen LogP contribution in [-0.2, 0) is 11.3 Å². The van der Waals surface area contributed by atoms with Crippen molar-refractivity contribution in [2.75, 3.05) is 6.61 Å². The van der Waals surface area contributed by atoms with Crippen molar-refractivity contribution in [2.24, 2.45) is 0 Å². The van der Waals surface area contributed by atoms with Crippen LogP contribution in [0.15, 0.2) is 30.7 Å². The fraction of sp³-hybridized carbons (Fsp3) is 0.294. The minimum absolute atomic E-state index is 0.303. The molecule has 0 aliphatic heterocycles. The van der Waals surface area contributed by atoms with Crippen molar-refractivity contribution in [3.8, 4) is 5.75 Å². The first-order valence-corrected chi connectivity index (χ1v) is 8.22. The molecule has 23 heavy (non-hydrogen) atoms. The molecule has 0 N–H and O–H groups in total. The fourth-order valence-corrected chi connectivity index (χ4v) is 3.17. The molecule has 0 saturated carbocycles. The van der Waals surface area contributed by atoms with Crippen LogP contribution in [0.4, 0.5) is 0 Å². The van der Waals surface area contributed by atoms with Gasteiger partial charge in [-0.05, 0) is 32.4 Å². The zero-order valence-electron chi connectivity index (χ0n) is 13.3. The highest BCUT2D eigenvalue weighted by molar-refractivity contribution is 7.11. The van der Waals surface area contributed by atoms with Crippen LogP contribution in [0.5, 0.6) is 5.75 Å². The maximum atomic E-state index is 12.2. The van der Waals surface area contributed by atoms with E-state index in [4.69, 9.17) is 9.47 Å². The molecule has 0 radical (unpaired) electrons. The van der Waals surface area contributed by atoms with Gasteiger partial charge in [-0.3, -0.25) is 0 Å². The third-order valence-electron chi connectivity index (χ3n) is 3.47. The molecule has 120 valence electrons. The summed E-state index contributed by atoms with van der Waals surface area (Å²) in [5, 5.41) is 1.02. The quantitative estimate of drug-likeness (QED) is 0.668. The first kappa shape index (κ1) is 15.6. The van der Waals surface area contributed by atoms with Crippen LogP contribution >= 0.6 is 11.3 Å². The molecule has 6 heteroatoms. The Hall–Kier alpha value is -2.34. The smallest absolute Gasteiger partial charge is 0.340 e. The standard InChI is InChI=1S/C17H18N2O3S/c1-4-21-17(20)16-11(2)9-19-6-5-13(7-15(16)19)22-10-14-8-18-12(3)23-14/h5-9H,4,10H2,1-3H3. The topological polar surface area (TPSA) is 52.8 Å². The second-order valence-electron chi connectivity index (χ2n) is 5.20. The second kappa shape index (κ2) is 6.42. The van der Waals surface area contributed by atoms with Gasteiger partial charge in [0, 0.05) is 24.7 Å². The fourth-order valence-electron chi connectivity index (χ4n) is 2.47. The number of ether oxygens (including phenoxy) is 2. The van der Waals surface area contributed by atoms with Crippen molar-refractivity contribution in [3.63, 3.8) is 0 Å². The Morgan fingerprint density at radius 2 is 2.22 bits per heavy atom. The van der Waals surface area contributed by atoms with Crippen LogP contribution < -0.4 is 4.74 Å². The average Bonchev–Trinajstić information content (AvgIpc) is 3.07. The zero-order chi connectivity index (χ0) is 16.4. The number of carbonyl (C=O) groups is 1. The molecule has 0 spiro atoms. The molecular formula is C17H18N2O3S. The summed E-state index contributed by atoms with van der Waals surface area (Å²) < 4.78 is 12.9. The molecule has 0 saturated heterocycles. The van der Waals surface area contributed by atoms with Crippen LogP contribution in [0, 0.1) is 13.8 Å². The minimum Gasteiger partial charge on any atom is -0.488 e. The molecule has 0 aliphatic carbocycles. The van der Waals surface area contributed by atoms with Gasteiger partial charge in [-0.1, -0.05) is 0 Å². The van der Waals surface area contributed by atoms with E-state index >= 15 is 0 Å². The van der Waals surface area contributed by atoms with Gasteiger partial charge in [0.15, 0.2) is 0 Å². The number of fused-ring (bicyclic) bond motifs is 1. The van der Waals surface area contributed by atoms with Gasteiger partial charge in [0.2, 0.25) is 0 Å². The minimum atomic E-state index is -0.303. The molecular weight excluding hydrogens is 312 g/mol. The Morgan fingerprint density at radius 3 is 2.91 bits per heavy atom. The molecule has 3 heterocycles. The van der Waals surface area contributed by atoms with E-state index in [1.165, 1.54) is 0 Å². The van der Waals surface area contributed by atoms with Crippen LogP contribution in [0.1, 0.15) is 32.7 Å². The lowest BCUT2D eigenvalue weighted by Crippen LogP contribution is -2.05. The van der Waals surface area contributed by atoms with Gasteiger partial charge in [0.1, 0.15) is 12.4 Å². The molecule has 0 fully saturated rings. The Morgan fingerprint density at radius 1 is 1.39 bits per heavy atom. The van der Waals surface area contributed by atoms with Crippen molar-refractivity contribution in [3.05, 3.63) is 51.7 Å². The number of aryl methyl sites for hydroxylation is 2. The average molecular weight is 330 g/mol. The van der Waals surface area contributed by atoms with Gasteiger partial charge in [-0.2, -0.15) is 0 Å². The van der Waals surface area contributed by atoms with Crippen molar-refractivity contribution in [1.82, 2.24) is 9.38 Å². The second-order valence-corrected chi connectivity index (χ2v) is 6.52. The number of rotatable bonds is 5. The summed E-state index contributed by atoms with van der Waals surface area (Å²) in [5.41, 5.74) is 2.27. The number of thiazole rings is 1. The van der Waals surface area contributed by atoms with Crippen molar-refractivity contribution in [2.45, 2.75) is 27.4 Å². The van der Waals surface area contributed by atoms with E-state index in [0.29, 0.717) is 24.5 Å². The predicted molar refractivity (Wildman–Crippen MR) is 89.3 cm³/mol. The zero-order valence-corrected chi connectivity index (χ0v) is 14.1. The van der Waals surface area contributed by atoms with E-state index in [9.17, 15) is 4.79 Å². The summed E-state index contributed by atoms with van der Waals surface area (Å²) in [6, 6.07) is 3.75. The monoisotopic (exact) mass is 330 g/mol. The highest BCUT2D eigenvalue weighted by atomic mass is 32.1. The third-order valence-corrected chi connectivity index (χ3v) is 4.36. The number of hydrogen-bond acceptors (Lipinski definition) is 5. The Labute approximate surface area is 138 Å². The summed E-state index contributed by atoms with van der Waals surface area (Å²) in [6.07, 6.45) is 5.63. The van der Waals surface area contributed by atoms with Crippen LogP contribution in [0.25, 0.3) is 5.52 Å². The predicted octanol–water partition coefficient (Wildman–Crippen LogP) is 3.77. The maximum absolute atomic E-state index is 12.2. The summed E-state index contributed by atoms with van der Waals surface area (Å²) in [4.78, 5) is 17.4. The largest absolute Gasteiger partial charge is 0.488 e. The number of carbonyl (C=O) groups excluding carboxylic acids is 1. The summed E-state index contributed by atoms with van der Waals surface area (Å²) in [7, 11) is 0. The molecule has 0 unspecified atom stereocenters. The molecule has 3 aromatic rings. The molecule has 0 bridgehead atoms. The third kappa shape index (κ3) is 3.22. The maximum Gasteiger partial charge on any atom is 0.340 e. The molecule has 0 aromatic carbocycles. The van der Waals surface area contributed by atoms with Crippen molar-refractivity contribution < 1.29 is 14.3 Å². The molecule has 3 aromatic heterocycles. The number of pyridine rings is 1. The Balaban J connectivity index is 1.88. The van der Waals surface area contributed by atoms with E-state index in [-0.39, 0.29) is 5.97 Å². The van der Waals surface area contributed by atoms with Gasteiger partial charge in [0.05, 0.1) is 27.6 Å². The first-order chi connectivity index (χ1) is 11.1. The Kier molecular flexibility index (Phi) is 4.34. The summed E-state index contributed by atoms with van der Waals surface area (Å²) in [5.74, 6) is 0.412. The SMILES string of the molecule is CCOC(=O)c1c(C)cn2ccc(OCc3cnc(C)s3)cc12. The first-order valence-electron chi connectivity index (χ1n) is 7.41. The normalized spacial score (nSPS) is 10.9. The van der Waals surface area contributed by atoms with E-state index in [2.05, 4.69) is 4.98 Å².